The average molecular weight is 453 g/mol. The maximum absolute atomic E-state index is 12.5. The van der Waals surface area contributed by atoms with Gasteiger partial charge in [0.2, 0.25) is 5.96 Å². The number of hydrogen-bond acceptors (Lipinski definition) is 4. The molecule has 0 saturated carbocycles. The smallest absolute Gasteiger partial charge is 0.437 e. The summed E-state index contributed by atoms with van der Waals surface area (Å²) in [6.45, 7) is 14.3. The van der Waals surface area contributed by atoms with Gasteiger partial charge in [-0.3, -0.25) is 0 Å². The van der Waals surface area contributed by atoms with Crippen molar-refractivity contribution < 1.29 is 19.1 Å². The summed E-state index contributed by atoms with van der Waals surface area (Å²) >= 11 is 2.33. The van der Waals surface area contributed by atoms with Crippen LogP contribution in [0.1, 0.15) is 48.5 Å². The zero-order valence-electron chi connectivity index (χ0n) is 15.6. The number of aliphatic imine (C=N–C) groups is 1. The summed E-state index contributed by atoms with van der Waals surface area (Å²) < 4.78 is 11.1. The fraction of sp³-hybridized carbons (Fsp3) is 0.812. The molecule has 0 spiro atoms. The lowest BCUT2D eigenvalue weighted by Crippen LogP contribution is -2.58. The molecule has 0 aromatic heterocycles. The first kappa shape index (κ1) is 21.0. The molecule has 0 aliphatic carbocycles. The van der Waals surface area contributed by atoms with E-state index in [2.05, 4.69) is 27.6 Å². The van der Waals surface area contributed by atoms with E-state index >= 15 is 0 Å². The quantitative estimate of drug-likeness (QED) is 0.262. The first-order chi connectivity index (χ1) is 10.8. The van der Waals surface area contributed by atoms with Gasteiger partial charge >= 0.3 is 12.2 Å². The van der Waals surface area contributed by atoms with Crippen LogP contribution in [-0.4, -0.2) is 62.7 Å². The van der Waals surface area contributed by atoms with E-state index in [0.717, 1.165) is 13.1 Å². The Morgan fingerprint density at radius 2 is 1.62 bits per heavy atom. The summed E-state index contributed by atoms with van der Waals surface area (Å²) in [6.07, 6.45) is -1.24. The highest BCUT2D eigenvalue weighted by Crippen LogP contribution is 2.20. The molecule has 0 radical (unpaired) electrons. The van der Waals surface area contributed by atoms with Gasteiger partial charge in [0, 0.05) is 23.6 Å². The molecule has 0 aromatic carbocycles. The molecule has 1 aliphatic heterocycles. The van der Waals surface area contributed by atoms with Gasteiger partial charge in [-0.2, -0.15) is 0 Å². The van der Waals surface area contributed by atoms with Crippen molar-refractivity contribution in [3.05, 3.63) is 0 Å². The number of alkyl halides is 1. The molecule has 0 N–H and O–H groups in total. The van der Waals surface area contributed by atoms with E-state index in [0.29, 0.717) is 10.5 Å². The van der Waals surface area contributed by atoms with Crippen LogP contribution in [-0.2, 0) is 9.47 Å². The molecule has 1 heterocycles. The molecular weight excluding hydrogens is 425 g/mol. The van der Waals surface area contributed by atoms with Crippen molar-refractivity contribution >= 4 is 40.7 Å². The first-order valence-corrected chi connectivity index (χ1v) is 9.28. The van der Waals surface area contributed by atoms with Gasteiger partial charge in [-0.1, -0.05) is 22.6 Å². The van der Waals surface area contributed by atoms with Gasteiger partial charge in [0.05, 0.1) is 0 Å². The molecule has 8 heteroatoms. The number of ether oxygens (including phenoxy) is 2. The Hall–Kier alpha value is -1.06. The largest absolute Gasteiger partial charge is 0.443 e. The molecular formula is C16H28IN3O4. The first-order valence-electron chi connectivity index (χ1n) is 8.03. The number of guanidine groups is 1. The molecule has 7 nitrogen and oxygen atoms in total. The van der Waals surface area contributed by atoms with Crippen LogP contribution in [0.25, 0.3) is 0 Å². The van der Waals surface area contributed by atoms with Crippen LogP contribution in [0.4, 0.5) is 9.59 Å². The maximum atomic E-state index is 12.5. The standard InChI is InChI=1S/C16H28IN3O4/c1-8-20(14(22)24-16(5,6)7)12(19-9-11(17)10-19)18-13(21)23-15(2,3)4/h11H,8-10H2,1-7H3. The summed E-state index contributed by atoms with van der Waals surface area (Å²) in [5, 5.41) is 0. The number of nitrogens with zero attached hydrogens (tertiary/aromatic N) is 3. The fourth-order valence-electron chi connectivity index (χ4n) is 1.93. The summed E-state index contributed by atoms with van der Waals surface area (Å²) in [7, 11) is 0. The van der Waals surface area contributed by atoms with E-state index in [1.807, 2.05) is 11.8 Å². The van der Waals surface area contributed by atoms with Gasteiger partial charge in [0.1, 0.15) is 11.2 Å². The SMILES string of the molecule is CCN(C(=O)OC(C)(C)C)C(=NC(=O)OC(C)(C)C)N1CC(I)C1. The topological polar surface area (TPSA) is 71.4 Å². The number of rotatable bonds is 1. The van der Waals surface area contributed by atoms with Crippen molar-refractivity contribution in [2.75, 3.05) is 19.6 Å². The number of carbonyl (C=O) groups is 2. The van der Waals surface area contributed by atoms with Gasteiger partial charge < -0.3 is 14.4 Å². The minimum Gasteiger partial charge on any atom is -0.443 e. The van der Waals surface area contributed by atoms with Crippen LogP contribution in [0.15, 0.2) is 4.99 Å². The van der Waals surface area contributed by atoms with E-state index < -0.39 is 23.4 Å². The highest BCUT2D eigenvalue weighted by Gasteiger charge is 2.35. The number of hydrogen-bond donors (Lipinski definition) is 0. The summed E-state index contributed by atoms with van der Waals surface area (Å²) in [4.78, 5) is 31.9. The Kier molecular flexibility index (Phi) is 6.89. The average Bonchev–Trinajstić information content (AvgIpc) is 2.30. The zero-order chi connectivity index (χ0) is 18.7. The molecule has 0 atom stereocenters. The molecule has 0 bridgehead atoms. The second kappa shape index (κ2) is 7.88. The lowest BCUT2D eigenvalue weighted by Gasteiger charge is -2.41. The van der Waals surface area contributed by atoms with E-state index in [1.54, 1.807) is 41.5 Å². The van der Waals surface area contributed by atoms with E-state index in [9.17, 15) is 9.59 Å². The predicted octanol–water partition coefficient (Wildman–Crippen LogP) is 3.65. The molecule has 1 rings (SSSR count). The Morgan fingerprint density at radius 1 is 1.12 bits per heavy atom. The minimum absolute atomic E-state index is 0.286. The van der Waals surface area contributed by atoms with E-state index in [-0.39, 0.29) is 5.96 Å². The van der Waals surface area contributed by atoms with Crippen molar-refractivity contribution in [3.63, 3.8) is 0 Å². The lowest BCUT2D eigenvalue weighted by atomic mass is 10.2. The fourth-order valence-corrected chi connectivity index (χ4v) is 2.88. The summed E-state index contributed by atoms with van der Waals surface area (Å²) in [5.41, 5.74) is -1.27. The van der Waals surface area contributed by atoms with E-state index in [4.69, 9.17) is 9.47 Å². The normalized spacial score (nSPS) is 16.5. The van der Waals surface area contributed by atoms with Gasteiger partial charge in [-0.25, -0.2) is 14.5 Å². The van der Waals surface area contributed by atoms with Crippen LogP contribution < -0.4 is 0 Å². The second-order valence-electron chi connectivity index (χ2n) is 7.62. The zero-order valence-corrected chi connectivity index (χ0v) is 17.7. The Morgan fingerprint density at radius 3 is 2.00 bits per heavy atom. The van der Waals surface area contributed by atoms with Crippen molar-refractivity contribution in [1.82, 2.24) is 9.80 Å². The molecule has 2 amide bonds. The molecule has 138 valence electrons. The van der Waals surface area contributed by atoms with Crippen LogP contribution in [0.5, 0.6) is 0 Å². The van der Waals surface area contributed by atoms with Crippen molar-refractivity contribution in [1.29, 1.82) is 0 Å². The molecule has 0 aromatic rings. The van der Waals surface area contributed by atoms with Gasteiger partial charge in [-0.05, 0) is 48.5 Å². The van der Waals surface area contributed by atoms with Crippen molar-refractivity contribution in [2.24, 2.45) is 4.99 Å². The molecule has 0 unspecified atom stereocenters. The van der Waals surface area contributed by atoms with Crippen LogP contribution in [0, 0.1) is 0 Å². The number of halogens is 1. The number of amides is 2. The Labute approximate surface area is 157 Å². The third-order valence-electron chi connectivity index (χ3n) is 2.88. The van der Waals surface area contributed by atoms with Gasteiger partial charge in [-0.15, -0.1) is 4.99 Å². The monoisotopic (exact) mass is 453 g/mol. The van der Waals surface area contributed by atoms with Crippen LogP contribution in [0.3, 0.4) is 0 Å². The number of likely N-dealkylation sites (tertiary alicyclic amines) is 1. The predicted molar refractivity (Wildman–Crippen MR) is 102 cm³/mol. The minimum atomic E-state index is -0.712. The molecule has 1 saturated heterocycles. The molecule has 1 fully saturated rings. The van der Waals surface area contributed by atoms with Crippen LogP contribution in [0.2, 0.25) is 0 Å². The Bertz CT molecular complexity index is 502. The second-order valence-corrected chi connectivity index (χ2v) is 9.38. The third kappa shape index (κ3) is 6.82. The Balaban J connectivity index is 3.02. The van der Waals surface area contributed by atoms with Gasteiger partial charge in [0.15, 0.2) is 0 Å². The summed E-state index contributed by atoms with van der Waals surface area (Å²) in [6, 6.07) is 0. The number of carbonyl (C=O) groups excluding carboxylic acids is 2. The van der Waals surface area contributed by atoms with Crippen molar-refractivity contribution in [3.8, 4) is 0 Å². The molecule has 1 aliphatic rings. The lowest BCUT2D eigenvalue weighted by molar-refractivity contribution is 0.0347. The third-order valence-corrected chi connectivity index (χ3v) is 3.66. The maximum Gasteiger partial charge on any atom is 0.437 e. The van der Waals surface area contributed by atoms with Gasteiger partial charge in [0.25, 0.3) is 0 Å². The summed E-state index contributed by atoms with van der Waals surface area (Å²) in [5.74, 6) is 0.286. The molecule has 24 heavy (non-hydrogen) atoms. The van der Waals surface area contributed by atoms with Crippen molar-refractivity contribution in [2.45, 2.75) is 63.6 Å². The highest BCUT2D eigenvalue weighted by atomic mass is 127. The highest BCUT2D eigenvalue weighted by molar-refractivity contribution is 14.1. The van der Waals surface area contributed by atoms with E-state index in [1.165, 1.54) is 4.90 Å². The van der Waals surface area contributed by atoms with Crippen LogP contribution >= 0.6 is 22.6 Å².